The highest BCUT2D eigenvalue weighted by molar-refractivity contribution is 5.98. The Balaban J connectivity index is 3.91. The van der Waals surface area contributed by atoms with Crippen molar-refractivity contribution in [2.75, 3.05) is 27.7 Å². The fourth-order valence-corrected chi connectivity index (χ4v) is 4.92. The summed E-state index contributed by atoms with van der Waals surface area (Å²) in [6.45, 7) is 0.397. The molecule has 2 N–H and O–H groups in total. The Labute approximate surface area is 246 Å². The van der Waals surface area contributed by atoms with Gasteiger partial charge in [-0.25, -0.2) is 0 Å². The van der Waals surface area contributed by atoms with E-state index < -0.39 is 29.9 Å². The number of carboxylic acids is 3. The number of nitrogens with zero attached hydrogens (tertiary/aromatic N) is 1. The molecule has 0 radical (unpaired) electrons. The summed E-state index contributed by atoms with van der Waals surface area (Å²) in [6, 6.07) is 0. The third-order valence-electron chi connectivity index (χ3n) is 7.07. The van der Waals surface area contributed by atoms with Crippen LogP contribution < -0.4 is 5.11 Å². The van der Waals surface area contributed by atoms with Crippen molar-refractivity contribution in [3.8, 4) is 0 Å². The van der Waals surface area contributed by atoms with Crippen LogP contribution in [0.25, 0.3) is 0 Å². The molecular weight excluding hydrogens is 530 g/mol. The minimum atomic E-state index is -1.23. The van der Waals surface area contributed by atoms with Gasteiger partial charge in [0.2, 0.25) is 0 Å². The highest BCUT2D eigenvalue weighted by atomic mass is 16.5. The molecule has 0 aliphatic rings. The molecule has 0 aliphatic carbocycles. The van der Waals surface area contributed by atoms with E-state index in [0.717, 1.165) is 70.6 Å². The standard InChI is InChI=1S/C31H55NO9/c1-32(2,3)24-25(23-29(36)37)41-30(38)22-18-14-10-6-7-11-15-19-26(31(39)40)27(33)20-16-12-8-4-5-9-13-17-21-28(34)35/h25-26H,4-24H2,1-3H3,(H2-,34,35,36,37,39,40). The van der Waals surface area contributed by atoms with E-state index in [1.54, 1.807) is 0 Å². The van der Waals surface area contributed by atoms with Crippen molar-refractivity contribution in [2.24, 2.45) is 5.92 Å². The van der Waals surface area contributed by atoms with Crippen molar-refractivity contribution in [2.45, 2.75) is 135 Å². The van der Waals surface area contributed by atoms with E-state index in [1.807, 2.05) is 21.1 Å². The number of carbonyl (C=O) groups is 5. The van der Waals surface area contributed by atoms with Gasteiger partial charge in [-0.1, -0.05) is 77.0 Å². The summed E-state index contributed by atoms with van der Waals surface area (Å²) in [7, 11) is 5.70. The number of hydrogen-bond donors (Lipinski definition) is 2. The molecule has 0 amide bonds. The Hall–Kier alpha value is -2.49. The van der Waals surface area contributed by atoms with Crippen LogP contribution in [-0.4, -0.2) is 78.1 Å². The first kappa shape index (κ1) is 38.5. The number of aliphatic carboxylic acids is 3. The lowest BCUT2D eigenvalue weighted by molar-refractivity contribution is -0.873. The zero-order valence-electron chi connectivity index (χ0n) is 25.7. The van der Waals surface area contributed by atoms with Crippen LogP contribution in [0.5, 0.6) is 0 Å². The van der Waals surface area contributed by atoms with Crippen molar-refractivity contribution in [1.29, 1.82) is 0 Å². The number of hydrogen-bond acceptors (Lipinski definition) is 7. The molecule has 0 heterocycles. The van der Waals surface area contributed by atoms with Gasteiger partial charge in [0.25, 0.3) is 0 Å². The molecule has 0 spiro atoms. The first-order chi connectivity index (χ1) is 19.3. The molecule has 0 aliphatic heterocycles. The largest absolute Gasteiger partial charge is 0.550 e. The topological polar surface area (TPSA) is 158 Å². The van der Waals surface area contributed by atoms with E-state index in [4.69, 9.17) is 9.84 Å². The number of quaternary nitrogens is 1. The monoisotopic (exact) mass is 585 g/mol. The molecule has 0 aromatic rings. The van der Waals surface area contributed by atoms with Crippen LogP contribution in [-0.2, 0) is 28.7 Å². The molecule has 0 aromatic heterocycles. The minimum absolute atomic E-state index is 0.179. The number of ether oxygens (including phenoxy) is 1. The molecule has 2 atom stereocenters. The Kier molecular flexibility index (Phi) is 21.7. The second-order valence-corrected chi connectivity index (χ2v) is 12.3. The zero-order valence-corrected chi connectivity index (χ0v) is 25.7. The van der Waals surface area contributed by atoms with Gasteiger partial charge in [0.1, 0.15) is 18.2 Å². The molecule has 0 saturated carbocycles. The SMILES string of the molecule is C[N+](C)(C)CC(CC(=O)[O-])OC(=O)CCCCCCCCCC(C(=O)O)C(=O)CCCCCCCCCCC(=O)O. The van der Waals surface area contributed by atoms with E-state index in [1.165, 1.54) is 0 Å². The lowest BCUT2D eigenvalue weighted by Gasteiger charge is -2.29. The molecule has 2 unspecified atom stereocenters. The third kappa shape index (κ3) is 25.0. The molecule has 0 fully saturated rings. The average molecular weight is 586 g/mol. The number of Topliss-reactive ketones (excluding diaryl/α,β-unsaturated/α-hetero) is 1. The van der Waals surface area contributed by atoms with Crippen molar-refractivity contribution >= 4 is 29.7 Å². The van der Waals surface area contributed by atoms with Crippen LogP contribution in [0.2, 0.25) is 0 Å². The summed E-state index contributed by atoms with van der Waals surface area (Å²) >= 11 is 0. The Morgan fingerprint density at radius 2 is 1.10 bits per heavy atom. The summed E-state index contributed by atoms with van der Waals surface area (Å²) in [5.41, 5.74) is 0. The molecule has 0 rings (SSSR count). The lowest BCUT2D eigenvalue weighted by atomic mass is 9.93. The fourth-order valence-electron chi connectivity index (χ4n) is 4.92. The van der Waals surface area contributed by atoms with Gasteiger partial charge in [0.05, 0.1) is 21.1 Å². The van der Waals surface area contributed by atoms with Crippen LogP contribution in [0.15, 0.2) is 0 Å². The molecule has 41 heavy (non-hydrogen) atoms. The third-order valence-corrected chi connectivity index (χ3v) is 7.07. The lowest BCUT2D eigenvalue weighted by Crippen LogP contribution is -2.45. The van der Waals surface area contributed by atoms with E-state index in [9.17, 15) is 34.2 Å². The van der Waals surface area contributed by atoms with E-state index in [0.29, 0.717) is 49.6 Å². The Bertz CT molecular complexity index is 776. The first-order valence-corrected chi connectivity index (χ1v) is 15.5. The Morgan fingerprint density at radius 3 is 1.54 bits per heavy atom. The number of unbranched alkanes of at least 4 members (excludes halogenated alkanes) is 13. The molecule has 0 bridgehead atoms. The van der Waals surface area contributed by atoms with Crippen LogP contribution in [0.4, 0.5) is 0 Å². The maximum atomic E-state index is 12.4. The van der Waals surface area contributed by atoms with Crippen molar-refractivity contribution in [3.63, 3.8) is 0 Å². The maximum Gasteiger partial charge on any atom is 0.314 e. The van der Waals surface area contributed by atoms with Crippen LogP contribution in [0, 0.1) is 5.92 Å². The number of rotatable bonds is 28. The average Bonchev–Trinajstić information content (AvgIpc) is 2.84. The van der Waals surface area contributed by atoms with E-state index >= 15 is 0 Å². The molecule has 0 saturated heterocycles. The highest BCUT2D eigenvalue weighted by Gasteiger charge is 2.25. The maximum absolute atomic E-state index is 12.4. The van der Waals surface area contributed by atoms with Gasteiger partial charge in [-0.3, -0.25) is 19.2 Å². The van der Waals surface area contributed by atoms with Crippen LogP contribution >= 0.6 is 0 Å². The summed E-state index contributed by atoms with van der Waals surface area (Å²) in [6.07, 6.45) is 13.5. The van der Waals surface area contributed by atoms with Gasteiger partial charge in [-0.2, -0.15) is 0 Å². The smallest absolute Gasteiger partial charge is 0.314 e. The molecule has 0 aromatic carbocycles. The normalized spacial score (nSPS) is 13.0. The second-order valence-electron chi connectivity index (χ2n) is 12.3. The van der Waals surface area contributed by atoms with Gasteiger partial charge in [0.15, 0.2) is 6.10 Å². The fraction of sp³-hybridized carbons (Fsp3) is 0.839. The molecule has 238 valence electrons. The first-order valence-electron chi connectivity index (χ1n) is 15.5. The molecular formula is C31H55NO9. The van der Waals surface area contributed by atoms with Crippen LogP contribution in [0.1, 0.15) is 128 Å². The van der Waals surface area contributed by atoms with Crippen molar-refractivity contribution in [1.82, 2.24) is 0 Å². The van der Waals surface area contributed by atoms with Gasteiger partial charge >= 0.3 is 17.9 Å². The highest BCUT2D eigenvalue weighted by Crippen LogP contribution is 2.18. The predicted octanol–water partition coefficient (Wildman–Crippen LogP) is 4.51. The van der Waals surface area contributed by atoms with Crippen LogP contribution in [0.3, 0.4) is 0 Å². The van der Waals surface area contributed by atoms with Gasteiger partial charge in [0, 0.05) is 31.7 Å². The second kappa shape index (κ2) is 23.1. The Morgan fingerprint density at radius 1 is 0.659 bits per heavy atom. The predicted molar refractivity (Wildman–Crippen MR) is 154 cm³/mol. The minimum Gasteiger partial charge on any atom is -0.550 e. The summed E-state index contributed by atoms with van der Waals surface area (Å²) in [4.78, 5) is 57.6. The summed E-state index contributed by atoms with van der Waals surface area (Å²) < 4.78 is 5.84. The van der Waals surface area contributed by atoms with Crippen molar-refractivity contribution < 1.29 is 48.5 Å². The summed E-state index contributed by atoms with van der Waals surface area (Å²) in [5.74, 6) is -4.51. The summed E-state index contributed by atoms with van der Waals surface area (Å²) in [5, 5.41) is 29.1. The van der Waals surface area contributed by atoms with Crippen molar-refractivity contribution in [3.05, 3.63) is 0 Å². The van der Waals surface area contributed by atoms with Gasteiger partial charge < -0.3 is 29.3 Å². The van der Waals surface area contributed by atoms with Gasteiger partial charge in [-0.05, 0) is 25.7 Å². The number of carbonyl (C=O) groups excluding carboxylic acids is 3. The van der Waals surface area contributed by atoms with Gasteiger partial charge in [-0.15, -0.1) is 0 Å². The number of ketones is 1. The molecule has 10 heteroatoms. The number of esters is 1. The quantitative estimate of drug-likeness (QED) is 0.0583. The van der Waals surface area contributed by atoms with E-state index in [2.05, 4.69) is 0 Å². The number of likely N-dealkylation sites (N-methyl/N-ethyl adjacent to an activating group) is 1. The zero-order chi connectivity index (χ0) is 31.1. The number of carboxylic acid groups (broad SMARTS) is 3. The van der Waals surface area contributed by atoms with E-state index in [-0.39, 0.29) is 31.0 Å². The molecule has 10 nitrogen and oxygen atoms in total.